The molecule has 126 valence electrons. The molecule has 2 fully saturated rings. The van der Waals surface area contributed by atoms with Gasteiger partial charge in [0.25, 0.3) is 0 Å². The van der Waals surface area contributed by atoms with Crippen molar-refractivity contribution in [1.82, 2.24) is 15.1 Å². The summed E-state index contributed by atoms with van der Waals surface area (Å²) < 4.78 is 0. The molecule has 1 unspecified atom stereocenters. The van der Waals surface area contributed by atoms with Gasteiger partial charge in [-0.05, 0) is 50.7 Å². The minimum Gasteiger partial charge on any atom is -0.393 e. The molecule has 1 saturated heterocycles. The summed E-state index contributed by atoms with van der Waals surface area (Å²) in [6.07, 6.45) is 6.79. The topological polar surface area (TPSA) is 69.6 Å². The second kappa shape index (κ2) is 7.25. The highest BCUT2D eigenvalue weighted by Gasteiger charge is 2.31. The van der Waals surface area contributed by atoms with Gasteiger partial charge in [-0.15, -0.1) is 5.10 Å². The summed E-state index contributed by atoms with van der Waals surface area (Å²) in [6.45, 7) is 1.70. The molecule has 3 rings (SSSR count). The first-order chi connectivity index (χ1) is 11.1. The molecular formula is C17H26N4O2. The maximum Gasteiger partial charge on any atom is 0.225 e. The summed E-state index contributed by atoms with van der Waals surface area (Å²) in [5.74, 6) is 1.20. The SMILES string of the molecule is CN(CC1CCCN1c1cccnn1)C(=O)C1CCC(O)CC1. The Morgan fingerprint density at radius 2 is 2.13 bits per heavy atom. The van der Waals surface area contributed by atoms with Crippen molar-refractivity contribution in [2.24, 2.45) is 5.92 Å². The fourth-order valence-electron chi connectivity index (χ4n) is 3.81. The van der Waals surface area contributed by atoms with Crippen LogP contribution in [-0.2, 0) is 4.79 Å². The number of aromatic nitrogens is 2. The summed E-state index contributed by atoms with van der Waals surface area (Å²) in [5.41, 5.74) is 0. The fourth-order valence-corrected chi connectivity index (χ4v) is 3.81. The lowest BCUT2D eigenvalue weighted by molar-refractivity contribution is -0.136. The molecule has 1 atom stereocenters. The van der Waals surface area contributed by atoms with Crippen molar-refractivity contribution >= 4 is 11.7 Å². The van der Waals surface area contributed by atoms with Crippen LogP contribution in [0.4, 0.5) is 5.82 Å². The molecule has 1 amide bonds. The fraction of sp³-hybridized carbons (Fsp3) is 0.706. The van der Waals surface area contributed by atoms with Crippen molar-refractivity contribution in [1.29, 1.82) is 0 Å². The Labute approximate surface area is 137 Å². The summed E-state index contributed by atoms with van der Waals surface area (Å²) in [6, 6.07) is 4.20. The first-order valence-electron chi connectivity index (χ1n) is 8.62. The van der Waals surface area contributed by atoms with E-state index in [9.17, 15) is 9.90 Å². The van der Waals surface area contributed by atoms with Gasteiger partial charge in [-0.3, -0.25) is 4.79 Å². The average molecular weight is 318 g/mol. The summed E-state index contributed by atoms with van der Waals surface area (Å²) in [5, 5.41) is 17.8. The van der Waals surface area contributed by atoms with E-state index in [2.05, 4.69) is 15.1 Å². The first kappa shape index (κ1) is 16.2. The lowest BCUT2D eigenvalue weighted by Gasteiger charge is -2.32. The van der Waals surface area contributed by atoms with Crippen LogP contribution in [0.15, 0.2) is 18.3 Å². The van der Waals surface area contributed by atoms with Gasteiger partial charge in [0.05, 0.1) is 6.10 Å². The Bertz CT molecular complexity index is 517. The third kappa shape index (κ3) is 3.80. The molecule has 1 aliphatic carbocycles. The van der Waals surface area contributed by atoms with Crippen molar-refractivity contribution in [3.63, 3.8) is 0 Å². The van der Waals surface area contributed by atoms with Crippen LogP contribution in [0, 0.1) is 5.92 Å². The normalized spacial score (nSPS) is 27.9. The molecule has 2 heterocycles. The molecule has 1 aliphatic heterocycles. The molecule has 6 nitrogen and oxygen atoms in total. The predicted octanol–water partition coefficient (Wildman–Crippen LogP) is 1.45. The number of hydrogen-bond donors (Lipinski definition) is 1. The molecule has 1 aromatic heterocycles. The van der Waals surface area contributed by atoms with Crippen molar-refractivity contribution in [2.45, 2.75) is 50.7 Å². The zero-order valence-electron chi connectivity index (χ0n) is 13.8. The average Bonchev–Trinajstić information content (AvgIpc) is 3.04. The van der Waals surface area contributed by atoms with Gasteiger partial charge in [0.2, 0.25) is 5.91 Å². The maximum absolute atomic E-state index is 12.6. The minimum atomic E-state index is -0.216. The van der Waals surface area contributed by atoms with Crippen molar-refractivity contribution in [3.05, 3.63) is 18.3 Å². The number of carbonyl (C=O) groups is 1. The van der Waals surface area contributed by atoms with Gasteiger partial charge < -0.3 is 14.9 Å². The van der Waals surface area contributed by atoms with Gasteiger partial charge in [0.1, 0.15) is 0 Å². The van der Waals surface area contributed by atoms with Gasteiger partial charge in [-0.25, -0.2) is 0 Å². The molecule has 1 aromatic rings. The quantitative estimate of drug-likeness (QED) is 0.910. The molecule has 6 heteroatoms. The van der Waals surface area contributed by atoms with Crippen LogP contribution >= 0.6 is 0 Å². The molecule has 0 bridgehead atoms. The predicted molar refractivity (Wildman–Crippen MR) is 88.0 cm³/mol. The largest absolute Gasteiger partial charge is 0.393 e. The monoisotopic (exact) mass is 318 g/mol. The zero-order valence-corrected chi connectivity index (χ0v) is 13.8. The van der Waals surface area contributed by atoms with Crippen LogP contribution in [0.5, 0.6) is 0 Å². The molecule has 1 saturated carbocycles. The Morgan fingerprint density at radius 1 is 1.35 bits per heavy atom. The number of nitrogens with zero attached hydrogens (tertiary/aromatic N) is 4. The Balaban J connectivity index is 1.58. The van der Waals surface area contributed by atoms with Gasteiger partial charge >= 0.3 is 0 Å². The number of aliphatic hydroxyl groups excluding tert-OH is 1. The van der Waals surface area contributed by atoms with E-state index in [4.69, 9.17) is 0 Å². The highest BCUT2D eigenvalue weighted by atomic mass is 16.3. The van der Waals surface area contributed by atoms with Crippen molar-refractivity contribution in [3.8, 4) is 0 Å². The number of rotatable bonds is 4. The maximum atomic E-state index is 12.6. The summed E-state index contributed by atoms with van der Waals surface area (Å²) >= 11 is 0. The van der Waals surface area contributed by atoms with E-state index in [0.29, 0.717) is 6.04 Å². The van der Waals surface area contributed by atoms with Gasteiger partial charge in [-0.2, -0.15) is 5.10 Å². The molecule has 0 spiro atoms. The lowest BCUT2D eigenvalue weighted by atomic mass is 9.86. The number of amides is 1. The lowest BCUT2D eigenvalue weighted by Crippen LogP contribution is -2.44. The van der Waals surface area contributed by atoms with Crippen molar-refractivity contribution < 1.29 is 9.90 Å². The molecular weight excluding hydrogens is 292 g/mol. The number of hydrogen-bond acceptors (Lipinski definition) is 5. The Morgan fingerprint density at radius 3 is 2.83 bits per heavy atom. The summed E-state index contributed by atoms with van der Waals surface area (Å²) in [7, 11) is 1.90. The van der Waals surface area contributed by atoms with Gasteiger partial charge in [0.15, 0.2) is 5.82 Å². The third-order valence-corrected chi connectivity index (χ3v) is 5.14. The number of likely N-dealkylation sites (N-methyl/N-ethyl adjacent to an activating group) is 1. The molecule has 2 aliphatic rings. The van der Waals surface area contributed by atoms with E-state index in [0.717, 1.165) is 57.4 Å². The van der Waals surface area contributed by atoms with Crippen LogP contribution in [0.3, 0.4) is 0 Å². The Hall–Kier alpha value is -1.69. The van der Waals surface area contributed by atoms with E-state index in [1.165, 1.54) is 0 Å². The van der Waals surface area contributed by atoms with E-state index >= 15 is 0 Å². The third-order valence-electron chi connectivity index (χ3n) is 5.14. The number of anilines is 1. The van der Waals surface area contributed by atoms with E-state index in [-0.39, 0.29) is 17.9 Å². The molecule has 0 aromatic carbocycles. The summed E-state index contributed by atoms with van der Waals surface area (Å²) in [4.78, 5) is 16.8. The van der Waals surface area contributed by atoms with Gasteiger partial charge in [-0.1, -0.05) is 0 Å². The second-order valence-electron chi connectivity index (χ2n) is 6.80. The van der Waals surface area contributed by atoms with Gasteiger partial charge in [0, 0.05) is 38.3 Å². The van der Waals surface area contributed by atoms with E-state index in [1.54, 1.807) is 6.20 Å². The standard InChI is InChI=1S/C17H26N4O2/c1-20(17(23)13-6-8-15(22)9-7-13)12-14-4-3-11-21(14)16-5-2-10-18-19-16/h2,5,10,13-15,22H,3-4,6-9,11-12H2,1H3. The van der Waals surface area contributed by atoms with E-state index < -0.39 is 0 Å². The smallest absolute Gasteiger partial charge is 0.225 e. The van der Waals surface area contributed by atoms with Crippen LogP contribution in [0.25, 0.3) is 0 Å². The molecule has 0 radical (unpaired) electrons. The Kier molecular flexibility index (Phi) is 5.10. The highest BCUT2D eigenvalue weighted by molar-refractivity contribution is 5.78. The van der Waals surface area contributed by atoms with Crippen LogP contribution in [-0.4, -0.2) is 58.4 Å². The molecule has 23 heavy (non-hydrogen) atoms. The molecule has 1 N–H and O–H groups in total. The van der Waals surface area contributed by atoms with E-state index in [1.807, 2.05) is 24.1 Å². The van der Waals surface area contributed by atoms with Crippen LogP contribution in [0.2, 0.25) is 0 Å². The minimum absolute atomic E-state index is 0.0785. The van der Waals surface area contributed by atoms with Crippen LogP contribution in [0.1, 0.15) is 38.5 Å². The first-order valence-corrected chi connectivity index (χ1v) is 8.62. The number of aliphatic hydroxyl groups is 1. The number of carbonyl (C=O) groups excluding carboxylic acids is 1. The highest BCUT2D eigenvalue weighted by Crippen LogP contribution is 2.27. The zero-order chi connectivity index (χ0) is 16.2. The van der Waals surface area contributed by atoms with Crippen molar-refractivity contribution in [2.75, 3.05) is 25.0 Å². The van der Waals surface area contributed by atoms with Crippen LogP contribution < -0.4 is 4.90 Å². The second-order valence-corrected chi connectivity index (χ2v) is 6.80.